The van der Waals surface area contributed by atoms with Gasteiger partial charge in [-0.15, -0.1) is 11.6 Å². The van der Waals surface area contributed by atoms with E-state index in [1.54, 1.807) is 14.2 Å². The van der Waals surface area contributed by atoms with E-state index in [0.717, 1.165) is 18.8 Å². The monoisotopic (exact) mass is 258 g/mol. The number of hydrogen-bond acceptors (Lipinski definition) is 4. The van der Waals surface area contributed by atoms with E-state index < -0.39 is 0 Å². The van der Waals surface area contributed by atoms with Gasteiger partial charge in [0.1, 0.15) is 0 Å². The minimum absolute atomic E-state index is 0.00407. The number of rotatable bonds is 7. The van der Waals surface area contributed by atoms with Gasteiger partial charge in [-0.1, -0.05) is 6.07 Å². The minimum atomic E-state index is -0.00407. The number of pyridine rings is 1. The molecule has 0 amide bonds. The Morgan fingerprint density at radius 1 is 1.41 bits per heavy atom. The second kappa shape index (κ2) is 7.48. The molecule has 1 rings (SSSR count). The molecule has 1 aromatic heterocycles. The van der Waals surface area contributed by atoms with Crippen molar-refractivity contribution >= 4 is 11.6 Å². The zero-order valence-electron chi connectivity index (χ0n) is 10.5. The van der Waals surface area contributed by atoms with Crippen molar-refractivity contribution in [2.45, 2.75) is 11.9 Å². The van der Waals surface area contributed by atoms with Crippen molar-refractivity contribution in [2.24, 2.45) is 0 Å². The molecule has 1 atom stereocenters. The van der Waals surface area contributed by atoms with Gasteiger partial charge in [0.25, 0.3) is 0 Å². The molecule has 0 N–H and O–H groups in total. The molecule has 4 nitrogen and oxygen atoms in total. The van der Waals surface area contributed by atoms with Gasteiger partial charge in [-0.3, -0.25) is 4.90 Å². The number of methoxy groups -OCH3 is 2. The number of halogens is 1. The first-order valence-corrected chi connectivity index (χ1v) is 5.90. The Morgan fingerprint density at radius 2 is 2.18 bits per heavy atom. The predicted molar refractivity (Wildman–Crippen MR) is 68.6 cm³/mol. The fourth-order valence-electron chi connectivity index (χ4n) is 1.57. The number of ether oxygens (including phenoxy) is 2. The average molecular weight is 259 g/mol. The van der Waals surface area contributed by atoms with Gasteiger partial charge >= 0.3 is 0 Å². The van der Waals surface area contributed by atoms with E-state index in [9.17, 15) is 0 Å². The first kappa shape index (κ1) is 14.2. The third-order valence-electron chi connectivity index (χ3n) is 2.28. The number of hydrogen-bond donors (Lipinski definition) is 0. The molecule has 0 bridgehead atoms. The SMILES string of the molecule is COCC(Cl)CN(C)Cc1cccc(OC)n1. The summed E-state index contributed by atoms with van der Waals surface area (Å²) >= 11 is 6.09. The Kier molecular flexibility index (Phi) is 6.26. The van der Waals surface area contributed by atoms with Crippen molar-refractivity contribution in [2.75, 3.05) is 34.4 Å². The highest BCUT2D eigenvalue weighted by molar-refractivity contribution is 6.20. The highest BCUT2D eigenvalue weighted by Crippen LogP contribution is 2.09. The third kappa shape index (κ3) is 5.35. The molecule has 5 heteroatoms. The highest BCUT2D eigenvalue weighted by atomic mass is 35.5. The van der Waals surface area contributed by atoms with Crippen molar-refractivity contribution in [1.29, 1.82) is 0 Å². The second-order valence-electron chi connectivity index (χ2n) is 3.92. The third-order valence-corrected chi connectivity index (χ3v) is 2.54. The van der Waals surface area contributed by atoms with Gasteiger partial charge in [0.15, 0.2) is 0 Å². The maximum atomic E-state index is 6.09. The Labute approximate surface area is 107 Å². The van der Waals surface area contributed by atoms with Crippen LogP contribution in [-0.2, 0) is 11.3 Å². The summed E-state index contributed by atoms with van der Waals surface area (Å²) in [6.07, 6.45) is 0. The smallest absolute Gasteiger partial charge is 0.213 e. The summed E-state index contributed by atoms with van der Waals surface area (Å²) in [5, 5.41) is -0.00407. The van der Waals surface area contributed by atoms with E-state index in [1.807, 2.05) is 25.2 Å². The van der Waals surface area contributed by atoms with E-state index in [2.05, 4.69) is 9.88 Å². The lowest BCUT2D eigenvalue weighted by molar-refractivity contribution is 0.181. The summed E-state index contributed by atoms with van der Waals surface area (Å²) < 4.78 is 10.1. The van der Waals surface area contributed by atoms with Crippen molar-refractivity contribution < 1.29 is 9.47 Å². The van der Waals surface area contributed by atoms with Gasteiger partial charge in [0.05, 0.1) is 24.8 Å². The summed E-state index contributed by atoms with van der Waals surface area (Å²) in [5.74, 6) is 0.634. The van der Waals surface area contributed by atoms with Gasteiger partial charge in [-0.05, 0) is 13.1 Å². The maximum Gasteiger partial charge on any atom is 0.213 e. The van der Waals surface area contributed by atoms with Crippen LogP contribution in [-0.4, -0.2) is 49.7 Å². The van der Waals surface area contributed by atoms with E-state index in [0.29, 0.717) is 12.5 Å². The van der Waals surface area contributed by atoms with E-state index in [1.165, 1.54) is 0 Å². The fraction of sp³-hybridized carbons (Fsp3) is 0.583. The maximum absolute atomic E-state index is 6.09. The lowest BCUT2D eigenvalue weighted by Crippen LogP contribution is -2.28. The predicted octanol–water partition coefficient (Wildman–Crippen LogP) is 1.78. The minimum Gasteiger partial charge on any atom is -0.481 e. The van der Waals surface area contributed by atoms with Crippen LogP contribution in [0.25, 0.3) is 0 Å². The molecule has 1 aromatic rings. The standard InChI is InChI=1S/C12H19ClN2O2/c1-15(7-10(13)9-16-2)8-11-5-4-6-12(14-11)17-3/h4-6,10H,7-9H2,1-3H3. The van der Waals surface area contributed by atoms with Gasteiger partial charge in [-0.2, -0.15) is 0 Å². The first-order chi connectivity index (χ1) is 8.15. The van der Waals surface area contributed by atoms with Crippen LogP contribution in [0, 0.1) is 0 Å². The van der Waals surface area contributed by atoms with Crippen molar-refractivity contribution in [1.82, 2.24) is 9.88 Å². The van der Waals surface area contributed by atoms with Gasteiger partial charge in [0.2, 0.25) is 5.88 Å². The summed E-state index contributed by atoms with van der Waals surface area (Å²) in [6.45, 7) is 2.05. The summed E-state index contributed by atoms with van der Waals surface area (Å²) in [5.41, 5.74) is 0.966. The quantitative estimate of drug-likeness (QED) is 0.699. The first-order valence-electron chi connectivity index (χ1n) is 5.47. The van der Waals surface area contributed by atoms with Crippen LogP contribution < -0.4 is 4.74 Å². The normalized spacial score (nSPS) is 12.8. The molecular formula is C12H19ClN2O2. The average Bonchev–Trinajstić information content (AvgIpc) is 2.29. The van der Waals surface area contributed by atoms with E-state index in [-0.39, 0.29) is 5.38 Å². The largest absolute Gasteiger partial charge is 0.481 e. The molecule has 0 spiro atoms. The van der Waals surface area contributed by atoms with Crippen LogP contribution in [0.1, 0.15) is 5.69 Å². The fourth-order valence-corrected chi connectivity index (χ4v) is 1.93. The molecule has 0 aromatic carbocycles. The molecule has 0 fully saturated rings. The topological polar surface area (TPSA) is 34.6 Å². The Hall–Kier alpha value is -0.840. The highest BCUT2D eigenvalue weighted by Gasteiger charge is 2.09. The molecule has 0 aliphatic carbocycles. The van der Waals surface area contributed by atoms with Crippen LogP contribution in [0.4, 0.5) is 0 Å². The number of nitrogens with zero attached hydrogens (tertiary/aromatic N) is 2. The van der Waals surface area contributed by atoms with E-state index >= 15 is 0 Å². The second-order valence-corrected chi connectivity index (χ2v) is 4.54. The van der Waals surface area contributed by atoms with Crippen molar-refractivity contribution in [3.63, 3.8) is 0 Å². The number of alkyl halides is 1. The molecule has 1 unspecified atom stereocenters. The van der Waals surface area contributed by atoms with Crippen LogP contribution in [0.2, 0.25) is 0 Å². The molecule has 1 heterocycles. The van der Waals surface area contributed by atoms with Crippen LogP contribution in [0.5, 0.6) is 5.88 Å². The van der Waals surface area contributed by atoms with Crippen LogP contribution in [0.3, 0.4) is 0 Å². The summed E-state index contributed by atoms with van der Waals surface area (Å²) in [7, 11) is 5.27. The zero-order chi connectivity index (χ0) is 12.7. The van der Waals surface area contributed by atoms with Crippen LogP contribution in [0.15, 0.2) is 18.2 Å². The molecule has 0 saturated heterocycles. The molecule has 0 radical (unpaired) electrons. The van der Waals surface area contributed by atoms with Crippen molar-refractivity contribution in [3.8, 4) is 5.88 Å². The Bertz CT molecular complexity index is 336. The summed E-state index contributed by atoms with van der Waals surface area (Å²) in [4.78, 5) is 6.46. The Balaban J connectivity index is 2.46. The summed E-state index contributed by atoms with van der Waals surface area (Å²) in [6, 6.07) is 5.74. The molecule has 96 valence electrons. The van der Waals surface area contributed by atoms with E-state index in [4.69, 9.17) is 21.1 Å². The van der Waals surface area contributed by atoms with Gasteiger partial charge in [-0.25, -0.2) is 4.98 Å². The molecule has 0 saturated carbocycles. The molecular weight excluding hydrogens is 240 g/mol. The lowest BCUT2D eigenvalue weighted by atomic mass is 10.3. The molecule has 0 aliphatic heterocycles. The molecule has 17 heavy (non-hydrogen) atoms. The Morgan fingerprint density at radius 3 is 2.82 bits per heavy atom. The molecule has 0 aliphatic rings. The van der Waals surface area contributed by atoms with Crippen molar-refractivity contribution in [3.05, 3.63) is 23.9 Å². The van der Waals surface area contributed by atoms with Gasteiger partial charge in [0, 0.05) is 26.3 Å². The van der Waals surface area contributed by atoms with Crippen LogP contribution >= 0.6 is 11.6 Å². The zero-order valence-corrected chi connectivity index (χ0v) is 11.3. The lowest BCUT2D eigenvalue weighted by Gasteiger charge is -2.19. The number of aromatic nitrogens is 1. The van der Waals surface area contributed by atoms with Gasteiger partial charge < -0.3 is 9.47 Å².